The van der Waals surface area contributed by atoms with Crippen LogP contribution in [0.25, 0.3) is 11.3 Å². The Morgan fingerprint density at radius 1 is 1.38 bits per heavy atom. The van der Waals surface area contributed by atoms with Crippen LogP contribution in [0, 0.1) is 21.7 Å². The predicted molar refractivity (Wildman–Crippen MR) is 68.4 cm³/mol. The Hall–Kier alpha value is -2.35. The Morgan fingerprint density at radius 3 is 2.76 bits per heavy atom. The molecule has 0 amide bonds. The Morgan fingerprint density at radius 2 is 2.10 bits per heavy atom. The van der Waals surface area contributed by atoms with Gasteiger partial charge in [0, 0.05) is 6.04 Å². The molecule has 0 bridgehead atoms. The standard InChI is InChI=1S/C13H11F2N3O3/c14-9-3-8(11(18(19)20)4-10(9)15)12-5-17-13(21-12)6-16-7-1-2-7/h3-5,7,16H,1-2,6H2. The van der Waals surface area contributed by atoms with Crippen molar-refractivity contribution in [1.29, 1.82) is 0 Å². The highest BCUT2D eigenvalue weighted by Crippen LogP contribution is 2.32. The SMILES string of the molecule is O=[N+]([O-])c1cc(F)c(F)cc1-c1cnc(CNC2CC2)o1. The van der Waals surface area contributed by atoms with E-state index in [1.54, 1.807) is 0 Å². The van der Waals surface area contributed by atoms with Crippen molar-refractivity contribution < 1.29 is 18.1 Å². The first-order valence-corrected chi connectivity index (χ1v) is 6.36. The van der Waals surface area contributed by atoms with Gasteiger partial charge in [0.15, 0.2) is 17.4 Å². The fourth-order valence-corrected chi connectivity index (χ4v) is 1.92. The lowest BCUT2D eigenvalue weighted by molar-refractivity contribution is -0.384. The molecule has 6 nitrogen and oxygen atoms in total. The van der Waals surface area contributed by atoms with Gasteiger partial charge < -0.3 is 9.73 Å². The van der Waals surface area contributed by atoms with Crippen molar-refractivity contribution in [2.24, 2.45) is 0 Å². The topological polar surface area (TPSA) is 81.2 Å². The molecule has 21 heavy (non-hydrogen) atoms. The predicted octanol–water partition coefficient (Wildman–Crippen LogP) is 2.78. The molecule has 1 N–H and O–H groups in total. The van der Waals surface area contributed by atoms with E-state index >= 15 is 0 Å². The van der Waals surface area contributed by atoms with Crippen molar-refractivity contribution in [3.05, 3.63) is 46.0 Å². The van der Waals surface area contributed by atoms with Crippen LogP contribution in [0.3, 0.4) is 0 Å². The molecule has 0 saturated heterocycles. The lowest BCUT2D eigenvalue weighted by Gasteiger charge is -2.01. The maximum atomic E-state index is 13.3. The molecule has 1 heterocycles. The molecular weight excluding hydrogens is 284 g/mol. The number of benzene rings is 1. The average molecular weight is 295 g/mol. The molecule has 1 aliphatic rings. The average Bonchev–Trinajstić information content (AvgIpc) is 3.16. The molecule has 0 aliphatic heterocycles. The molecule has 0 spiro atoms. The van der Waals surface area contributed by atoms with Gasteiger partial charge >= 0.3 is 0 Å². The van der Waals surface area contributed by atoms with E-state index in [1.807, 2.05) is 0 Å². The number of halogens is 2. The van der Waals surface area contributed by atoms with Gasteiger partial charge in [-0.1, -0.05) is 0 Å². The second-order valence-electron chi connectivity index (χ2n) is 4.81. The first-order valence-electron chi connectivity index (χ1n) is 6.36. The highest BCUT2D eigenvalue weighted by molar-refractivity contribution is 5.69. The monoisotopic (exact) mass is 295 g/mol. The van der Waals surface area contributed by atoms with Crippen LogP contribution in [0.2, 0.25) is 0 Å². The Balaban J connectivity index is 1.91. The van der Waals surface area contributed by atoms with E-state index in [0.717, 1.165) is 18.9 Å². The number of hydrogen-bond acceptors (Lipinski definition) is 5. The zero-order valence-corrected chi connectivity index (χ0v) is 10.8. The molecule has 3 rings (SSSR count). The zero-order valence-electron chi connectivity index (χ0n) is 10.8. The smallest absolute Gasteiger partial charge is 0.283 e. The molecule has 0 radical (unpaired) electrons. The number of nitro groups is 1. The molecule has 0 atom stereocenters. The summed E-state index contributed by atoms with van der Waals surface area (Å²) in [4.78, 5) is 14.1. The third kappa shape index (κ3) is 2.89. The first kappa shape index (κ1) is 13.6. The molecule has 8 heteroatoms. The third-order valence-corrected chi connectivity index (χ3v) is 3.17. The molecule has 1 aromatic heterocycles. The lowest BCUT2D eigenvalue weighted by Crippen LogP contribution is -2.15. The van der Waals surface area contributed by atoms with Crippen molar-refractivity contribution in [3.63, 3.8) is 0 Å². The number of nitrogens with one attached hydrogen (secondary N) is 1. The van der Waals surface area contributed by atoms with Crippen molar-refractivity contribution >= 4 is 5.69 Å². The van der Waals surface area contributed by atoms with E-state index in [1.165, 1.54) is 6.20 Å². The van der Waals surface area contributed by atoms with Gasteiger partial charge in [-0.25, -0.2) is 13.8 Å². The third-order valence-electron chi connectivity index (χ3n) is 3.17. The molecule has 1 saturated carbocycles. The number of aromatic nitrogens is 1. The molecule has 0 unspecified atom stereocenters. The highest BCUT2D eigenvalue weighted by atomic mass is 19.2. The summed E-state index contributed by atoms with van der Waals surface area (Å²) in [7, 11) is 0. The van der Waals surface area contributed by atoms with Gasteiger partial charge in [-0.2, -0.15) is 0 Å². The summed E-state index contributed by atoms with van der Waals surface area (Å²) < 4.78 is 31.8. The van der Waals surface area contributed by atoms with Crippen LogP contribution in [-0.4, -0.2) is 15.9 Å². The number of nitrogens with zero attached hydrogens (tertiary/aromatic N) is 2. The van der Waals surface area contributed by atoms with Gasteiger partial charge in [-0.3, -0.25) is 10.1 Å². The van der Waals surface area contributed by atoms with E-state index in [2.05, 4.69) is 10.3 Å². The van der Waals surface area contributed by atoms with Crippen molar-refractivity contribution in [2.75, 3.05) is 0 Å². The maximum Gasteiger partial charge on any atom is 0.283 e. The fraction of sp³-hybridized carbons (Fsp3) is 0.308. The summed E-state index contributed by atoms with van der Waals surface area (Å²) in [5.41, 5.74) is -0.698. The summed E-state index contributed by atoms with van der Waals surface area (Å²) >= 11 is 0. The Bertz CT molecular complexity index is 698. The van der Waals surface area contributed by atoms with Gasteiger partial charge in [0.05, 0.1) is 29.3 Å². The molecule has 2 aromatic rings. The van der Waals surface area contributed by atoms with Crippen LogP contribution in [0.1, 0.15) is 18.7 Å². The van der Waals surface area contributed by atoms with Crippen molar-refractivity contribution in [3.8, 4) is 11.3 Å². The van der Waals surface area contributed by atoms with Crippen LogP contribution in [0.15, 0.2) is 22.7 Å². The quantitative estimate of drug-likeness (QED) is 0.677. The Kier molecular flexibility index (Phi) is 3.38. The van der Waals surface area contributed by atoms with E-state index in [-0.39, 0.29) is 11.3 Å². The van der Waals surface area contributed by atoms with Crippen LogP contribution in [-0.2, 0) is 6.54 Å². The minimum Gasteiger partial charge on any atom is -0.439 e. The van der Waals surface area contributed by atoms with E-state index in [4.69, 9.17) is 4.42 Å². The van der Waals surface area contributed by atoms with Gasteiger partial charge in [0.1, 0.15) is 0 Å². The fourth-order valence-electron chi connectivity index (χ4n) is 1.92. The zero-order chi connectivity index (χ0) is 15.0. The number of hydrogen-bond donors (Lipinski definition) is 1. The van der Waals surface area contributed by atoms with Crippen LogP contribution >= 0.6 is 0 Å². The second-order valence-corrected chi connectivity index (χ2v) is 4.81. The number of oxazole rings is 1. The van der Waals surface area contributed by atoms with Gasteiger partial charge in [0.2, 0.25) is 5.89 Å². The van der Waals surface area contributed by atoms with Crippen LogP contribution in [0.4, 0.5) is 14.5 Å². The molecule has 1 aromatic carbocycles. The summed E-state index contributed by atoms with van der Waals surface area (Å²) in [6.07, 6.45) is 3.47. The summed E-state index contributed by atoms with van der Waals surface area (Å²) in [5.74, 6) is -2.07. The van der Waals surface area contributed by atoms with Crippen LogP contribution < -0.4 is 5.32 Å². The number of rotatable bonds is 5. The molecule has 1 aliphatic carbocycles. The van der Waals surface area contributed by atoms with E-state index < -0.39 is 22.2 Å². The van der Waals surface area contributed by atoms with Gasteiger partial charge in [-0.15, -0.1) is 0 Å². The molecular formula is C13H11F2N3O3. The number of nitro benzene ring substituents is 1. The van der Waals surface area contributed by atoms with Crippen molar-refractivity contribution in [1.82, 2.24) is 10.3 Å². The van der Waals surface area contributed by atoms with E-state index in [9.17, 15) is 18.9 Å². The largest absolute Gasteiger partial charge is 0.439 e. The molecule has 1 fully saturated rings. The highest BCUT2D eigenvalue weighted by Gasteiger charge is 2.24. The lowest BCUT2D eigenvalue weighted by atomic mass is 10.1. The van der Waals surface area contributed by atoms with Crippen LogP contribution in [0.5, 0.6) is 0 Å². The van der Waals surface area contributed by atoms with Gasteiger partial charge in [0.25, 0.3) is 5.69 Å². The minimum absolute atomic E-state index is 0.0354. The Labute approximate surface area is 117 Å². The minimum atomic E-state index is -1.28. The molecule has 110 valence electrons. The van der Waals surface area contributed by atoms with Gasteiger partial charge in [-0.05, 0) is 18.9 Å². The first-order chi connectivity index (χ1) is 10.0. The summed E-state index contributed by atoms with van der Waals surface area (Å²) in [6, 6.07) is 1.74. The summed E-state index contributed by atoms with van der Waals surface area (Å²) in [6.45, 7) is 0.391. The maximum absolute atomic E-state index is 13.3. The van der Waals surface area contributed by atoms with E-state index in [0.29, 0.717) is 24.5 Å². The second kappa shape index (κ2) is 5.21. The summed E-state index contributed by atoms with van der Waals surface area (Å²) in [5, 5.41) is 14.1. The van der Waals surface area contributed by atoms with Crippen molar-refractivity contribution in [2.45, 2.75) is 25.4 Å². The normalized spacial score (nSPS) is 14.4.